The fraction of sp³-hybridized carbons (Fsp3) is 0. The van der Waals surface area contributed by atoms with Crippen LogP contribution in [-0.2, 0) is 20.3 Å². The summed E-state index contributed by atoms with van der Waals surface area (Å²) in [7, 11) is 0. The minimum atomic E-state index is -3.31. The van der Waals surface area contributed by atoms with Gasteiger partial charge in [0, 0.05) is 5.57 Å². The molecule has 5 aliphatic heterocycles. The SMILES string of the molecule is C1=CC2=NC1=CC1=NC(=CC3=NC(=CC4=NC(=C2)C=C4)C=C3c2ccccc2)C=C1.c1cc[c]([Zr]([c]2ccccc2)([c]2ccccc2)[c]2ccccc2)cc1. The first-order valence-corrected chi connectivity index (χ1v) is 23.4. The van der Waals surface area contributed by atoms with Gasteiger partial charge in [0.05, 0.1) is 45.6 Å². The molecule has 0 saturated heterocycles. The maximum absolute atomic E-state index is 4.87. The van der Waals surface area contributed by atoms with E-state index in [1.165, 1.54) is 13.1 Å². The van der Waals surface area contributed by atoms with Crippen molar-refractivity contribution in [3.05, 3.63) is 247 Å². The van der Waals surface area contributed by atoms with Gasteiger partial charge in [0.15, 0.2) is 0 Å². The molecule has 4 nitrogen and oxygen atoms in total. The molecule has 0 radical (unpaired) electrons. The van der Waals surface area contributed by atoms with Crippen molar-refractivity contribution in [1.82, 2.24) is 0 Å². The van der Waals surface area contributed by atoms with Gasteiger partial charge in [0.25, 0.3) is 0 Å². The van der Waals surface area contributed by atoms with Gasteiger partial charge in [-0.05, 0) is 72.4 Å². The first kappa shape index (κ1) is 34.4. The normalized spacial score (nSPS) is 16.4. The summed E-state index contributed by atoms with van der Waals surface area (Å²) in [6.45, 7) is 0. The van der Waals surface area contributed by atoms with E-state index in [0.717, 1.165) is 56.8 Å². The molecule has 0 aliphatic carbocycles. The number of fused-ring (bicyclic) bond motifs is 4. The summed E-state index contributed by atoms with van der Waals surface area (Å²) in [5.74, 6) is 0. The molecule has 10 rings (SSSR count). The van der Waals surface area contributed by atoms with Gasteiger partial charge in [0.1, 0.15) is 0 Å². The van der Waals surface area contributed by atoms with Crippen molar-refractivity contribution in [3.8, 4) is 0 Å². The second kappa shape index (κ2) is 15.5. The Bertz CT molecular complexity index is 2470. The van der Waals surface area contributed by atoms with Crippen molar-refractivity contribution in [3.63, 3.8) is 0 Å². The van der Waals surface area contributed by atoms with Crippen molar-refractivity contribution in [1.29, 1.82) is 0 Å². The van der Waals surface area contributed by atoms with E-state index in [0.29, 0.717) is 0 Å². The summed E-state index contributed by atoms with van der Waals surface area (Å²) in [4.78, 5) is 18.9. The van der Waals surface area contributed by atoms with E-state index < -0.39 is 20.3 Å². The number of allylic oxidation sites excluding steroid dienone is 12. The first-order chi connectivity index (χ1) is 27.2. The number of nitrogens with zero attached hydrogens (tertiary/aromatic N) is 4. The third-order valence-corrected chi connectivity index (χ3v) is 21.7. The molecular weight excluding hydrogens is 748 g/mol. The van der Waals surface area contributed by atoms with Crippen LogP contribution < -0.4 is 13.1 Å². The molecule has 0 atom stereocenters. The van der Waals surface area contributed by atoms with Gasteiger partial charge in [-0.1, -0.05) is 30.3 Å². The Balaban J connectivity index is 0.000000147. The second-order valence-corrected chi connectivity index (χ2v) is 22.9. The van der Waals surface area contributed by atoms with E-state index in [-0.39, 0.29) is 0 Å². The molecule has 5 heteroatoms. The molecule has 0 fully saturated rings. The Labute approximate surface area is 326 Å². The van der Waals surface area contributed by atoms with Crippen molar-refractivity contribution >= 4 is 41.5 Å². The molecule has 55 heavy (non-hydrogen) atoms. The Hall–Kier alpha value is -6.42. The second-order valence-electron chi connectivity index (χ2n) is 13.5. The van der Waals surface area contributed by atoms with Gasteiger partial charge in [-0.15, -0.1) is 0 Å². The fourth-order valence-electron chi connectivity index (χ4n) is 7.50. The third-order valence-electron chi connectivity index (χ3n) is 9.95. The first-order valence-electron chi connectivity index (χ1n) is 18.5. The summed E-state index contributed by atoms with van der Waals surface area (Å²) in [5, 5.41) is 0. The maximum atomic E-state index is 4.87. The van der Waals surface area contributed by atoms with Crippen LogP contribution in [0.2, 0.25) is 0 Å². The molecular formula is C50H36N4Zr. The molecule has 0 unspecified atom stereocenters. The Morgan fingerprint density at radius 3 is 1.04 bits per heavy atom. The van der Waals surface area contributed by atoms with Gasteiger partial charge in [-0.3, -0.25) is 0 Å². The van der Waals surface area contributed by atoms with Crippen LogP contribution in [0.25, 0.3) is 5.57 Å². The zero-order valence-electron chi connectivity index (χ0n) is 30.1. The molecule has 0 N–H and O–H groups in total. The third kappa shape index (κ3) is 7.27. The number of aliphatic imine (C=N–C) groups is 4. The monoisotopic (exact) mass is 782 g/mol. The number of hydrogen-bond acceptors (Lipinski definition) is 4. The van der Waals surface area contributed by atoms with Crippen molar-refractivity contribution in [2.75, 3.05) is 0 Å². The molecule has 0 amide bonds. The van der Waals surface area contributed by atoms with E-state index >= 15 is 0 Å². The molecule has 8 bridgehead atoms. The van der Waals surface area contributed by atoms with E-state index in [1.54, 1.807) is 0 Å². The summed E-state index contributed by atoms with van der Waals surface area (Å²) in [6, 6.07) is 54.7. The molecule has 5 aliphatic rings. The predicted octanol–water partition coefficient (Wildman–Crippen LogP) is 8.55. The Morgan fingerprint density at radius 2 is 0.636 bits per heavy atom. The van der Waals surface area contributed by atoms with Crippen LogP contribution in [0.1, 0.15) is 5.56 Å². The topological polar surface area (TPSA) is 49.4 Å². The molecule has 5 aromatic carbocycles. The van der Waals surface area contributed by atoms with E-state index in [1.807, 2.05) is 79.0 Å². The fourth-order valence-corrected chi connectivity index (χ4v) is 19.2. The predicted molar refractivity (Wildman–Crippen MR) is 228 cm³/mol. The quantitative estimate of drug-likeness (QED) is 0.172. The Morgan fingerprint density at radius 1 is 0.291 bits per heavy atom. The molecule has 5 aromatic rings. The summed E-state index contributed by atoms with van der Waals surface area (Å²) < 4.78 is 5.95. The van der Waals surface area contributed by atoms with Crippen LogP contribution in [0.5, 0.6) is 0 Å². The Kier molecular flexibility index (Phi) is 9.69. The van der Waals surface area contributed by atoms with E-state index in [4.69, 9.17) is 15.0 Å². The van der Waals surface area contributed by atoms with Crippen LogP contribution in [0, 0.1) is 0 Å². The van der Waals surface area contributed by atoms with Crippen molar-refractivity contribution in [2.45, 2.75) is 0 Å². The average molecular weight is 784 g/mol. The van der Waals surface area contributed by atoms with E-state index in [2.05, 4.69) is 145 Å². The minimum absolute atomic E-state index is 0.877. The number of rotatable bonds is 5. The zero-order valence-corrected chi connectivity index (χ0v) is 32.5. The van der Waals surface area contributed by atoms with Crippen LogP contribution in [-0.4, -0.2) is 22.8 Å². The van der Waals surface area contributed by atoms with Crippen molar-refractivity contribution in [2.24, 2.45) is 20.0 Å². The van der Waals surface area contributed by atoms with Gasteiger partial charge < -0.3 is 0 Å². The van der Waals surface area contributed by atoms with Gasteiger partial charge in [-0.25, -0.2) is 20.0 Å². The van der Waals surface area contributed by atoms with Gasteiger partial charge in [0.2, 0.25) is 0 Å². The van der Waals surface area contributed by atoms with Gasteiger partial charge >= 0.3 is 155 Å². The molecule has 0 aromatic heterocycles. The van der Waals surface area contributed by atoms with E-state index in [9.17, 15) is 0 Å². The summed E-state index contributed by atoms with van der Waals surface area (Å²) in [6.07, 6.45) is 22.1. The standard InChI is InChI=1S/C26H16N4.4C6H5.Zr/c1-2-4-17(5-3-1)25-15-24-14-22-9-8-20(28-22)12-18-6-7-19(27-18)13-21-10-11-23(29-21)16-26(25)30-24;4*1-2-4-6-5-3-1;/h1-16H;4*1-5H;. The zero-order chi connectivity index (χ0) is 36.9. The molecule has 5 heterocycles. The van der Waals surface area contributed by atoms with Crippen LogP contribution in [0.3, 0.4) is 0 Å². The van der Waals surface area contributed by atoms with Crippen molar-refractivity contribution < 1.29 is 20.3 Å². The van der Waals surface area contributed by atoms with Gasteiger partial charge in [-0.2, -0.15) is 0 Å². The molecule has 0 spiro atoms. The van der Waals surface area contributed by atoms with Crippen LogP contribution >= 0.6 is 0 Å². The average Bonchev–Trinajstić information content (AvgIpc) is 4.07. The van der Waals surface area contributed by atoms with Crippen LogP contribution in [0.15, 0.2) is 261 Å². The summed E-state index contributed by atoms with van der Waals surface area (Å²) in [5.41, 5.74) is 9.28. The number of benzene rings is 5. The molecule has 0 saturated carbocycles. The summed E-state index contributed by atoms with van der Waals surface area (Å²) >= 11 is -3.31. The van der Waals surface area contributed by atoms with Crippen LogP contribution in [0.4, 0.5) is 0 Å². The number of hydrogen-bond donors (Lipinski definition) is 0. The molecule has 260 valence electrons.